The third-order valence-corrected chi connectivity index (χ3v) is 5.24. The number of hydrogen-bond acceptors (Lipinski definition) is 5. The Balaban J connectivity index is 1.56. The molecule has 0 saturated carbocycles. The van der Waals surface area contributed by atoms with E-state index in [0.29, 0.717) is 30.2 Å². The van der Waals surface area contributed by atoms with Crippen molar-refractivity contribution >= 4 is 23.6 Å². The summed E-state index contributed by atoms with van der Waals surface area (Å²) in [5, 5.41) is 11.9. The van der Waals surface area contributed by atoms with Gasteiger partial charge >= 0.3 is 0 Å². The predicted octanol–water partition coefficient (Wildman–Crippen LogP) is 2.40. The Morgan fingerprint density at radius 3 is 2.77 bits per heavy atom. The number of amides is 2. The number of carbonyl (C=O) groups is 2. The van der Waals surface area contributed by atoms with Gasteiger partial charge in [0.05, 0.1) is 12.9 Å². The number of benzene rings is 1. The lowest BCUT2D eigenvalue weighted by Crippen LogP contribution is -2.49. The Hall–Kier alpha value is -2.25. The molecule has 0 bridgehead atoms. The second-order valence-corrected chi connectivity index (χ2v) is 7.31. The summed E-state index contributed by atoms with van der Waals surface area (Å²) in [6, 6.07) is 10.6. The van der Waals surface area contributed by atoms with Gasteiger partial charge in [-0.15, -0.1) is 11.8 Å². The third-order valence-electron chi connectivity index (χ3n) is 4.25. The maximum absolute atomic E-state index is 12.5. The molecule has 3 rings (SSSR count). The maximum Gasteiger partial charge on any atom is 0.289 e. The van der Waals surface area contributed by atoms with E-state index in [9.17, 15) is 9.59 Å². The van der Waals surface area contributed by atoms with Gasteiger partial charge in [-0.25, -0.2) is 0 Å². The molecule has 2 N–H and O–H groups in total. The number of hydrogen-bond donors (Lipinski definition) is 2. The lowest BCUT2D eigenvalue weighted by Gasteiger charge is -2.32. The van der Waals surface area contributed by atoms with Crippen LogP contribution in [-0.4, -0.2) is 53.3 Å². The first-order valence-electron chi connectivity index (χ1n) is 8.65. The lowest BCUT2D eigenvalue weighted by atomic mass is 10.0. The number of aliphatic hydroxyl groups excluding tert-OH is 1. The van der Waals surface area contributed by atoms with Gasteiger partial charge in [-0.2, -0.15) is 0 Å². The first kappa shape index (κ1) is 18.5. The van der Waals surface area contributed by atoms with Gasteiger partial charge in [-0.3, -0.25) is 9.59 Å². The molecule has 1 atom stereocenters. The van der Waals surface area contributed by atoms with Crippen LogP contribution in [0.15, 0.2) is 52.0 Å². The van der Waals surface area contributed by atoms with Crippen LogP contribution in [0.1, 0.15) is 33.8 Å². The molecule has 1 aromatic carbocycles. The minimum Gasteiger partial charge on any atom is -0.459 e. The molecule has 26 heavy (non-hydrogen) atoms. The Morgan fingerprint density at radius 2 is 2.08 bits per heavy atom. The van der Waals surface area contributed by atoms with E-state index >= 15 is 0 Å². The van der Waals surface area contributed by atoms with Crippen LogP contribution in [-0.2, 0) is 0 Å². The highest BCUT2D eigenvalue weighted by atomic mass is 32.2. The highest BCUT2D eigenvalue weighted by Gasteiger charge is 2.26. The molecule has 2 amide bonds. The van der Waals surface area contributed by atoms with Gasteiger partial charge in [0.1, 0.15) is 0 Å². The highest BCUT2D eigenvalue weighted by molar-refractivity contribution is 7.99. The van der Waals surface area contributed by atoms with Gasteiger partial charge in [-0.1, -0.05) is 0 Å². The van der Waals surface area contributed by atoms with Crippen molar-refractivity contribution in [2.75, 3.05) is 25.4 Å². The normalized spacial score (nSPS) is 17.1. The molecule has 2 heterocycles. The van der Waals surface area contributed by atoms with E-state index in [4.69, 9.17) is 9.52 Å². The summed E-state index contributed by atoms with van der Waals surface area (Å²) in [4.78, 5) is 27.6. The molecule has 7 heteroatoms. The molecule has 2 aromatic rings. The van der Waals surface area contributed by atoms with E-state index in [1.165, 1.54) is 6.26 Å². The number of likely N-dealkylation sites (tertiary alicyclic amines) is 1. The summed E-state index contributed by atoms with van der Waals surface area (Å²) in [6.07, 6.45) is 3.17. The van der Waals surface area contributed by atoms with Crippen LogP contribution in [0.2, 0.25) is 0 Å². The number of rotatable bonds is 6. The zero-order chi connectivity index (χ0) is 18.4. The Labute approximate surface area is 156 Å². The number of nitrogens with zero attached hydrogens (tertiary/aromatic N) is 1. The minimum absolute atomic E-state index is 0.0707. The van der Waals surface area contributed by atoms with Gasteiger partial charge in [-0.05, 0) is 49.2 Å². The topological polar surface area (TPSA) is 82.8 Å². The van der Waals surface area contributed by atoms with Crippen LogP contribution in [0.4, 0.5) is 0 Å². The lowest BCUT2D eigenvalue weighted by molar-refractivity contribution is 0.0647. The molecule has 1 aliphatic rings. The minimum atomic E-state index is -0.140. The van der Waals surface area contributed by atoms with E-state index in [0.717, 1.165) is 17.7 Å². The summed E-state index contributed by atoms with van der Waals surface area (Å²) in [7, 11) is 0. The van der Waals surface area contributed by atoms with Crippen LogP contribution in [0, 0.1) is 0 Å². The number of carbonyl (C=O) groups excluding carboxylic acids is 2. The quantitative estimate of drug-likeness (QED) is 0.759. The molecule has 6 nitrogen and oxygen atoms in total. The molecule has 0 aliphatic carbocycles. The fraction of sp³-hybridized carbons (Fsp3) is 0.368. The Kier molecular flexibility index (Phi) is 6.35. The predicted molar refractivity (Wildman–Crippen MR) is 99.4 cm³/mol. The standard InChI is InChI=1S/C19H22N2O4S/c22-10-12-26-16-7-5-14(6-8-16)18(23)20-15-3-1-9-21(13-15)19(24)17-4-2-11-25-17/h2,4-8,11,15,22H,1,3,9-10,12-13H2,(H,20,23)/t15-/m1/s1. The van der Waals surface area contributed by atoms with Crippen molar-refractivity contribution in [3.05, 3.63) is 54.0 Å². The van der Waals surface area contributed by atoms with E-state index in [1.807, 2.05) is 12.1 Å². The number of furan rings is 1. The van der Waals surface area contributed by atoms with Crippen molar-refractivity contribution in [1.82, 2.24) is 10.2 Å². The van der Waals surface area contributed by atoms with E-state index in [2.05, 4.69) is 5.32 Å². The maximum atomic E-state index is 12.5. The van der Waals surface area contributed by atoms with Crippen molar-refractivity contribution in [2.45, 2.75) is 23.8 Å². The molecule has 1 saturated heterocycles. The first-order chi connectivity index (χ1) is 12.7. The molecule has 0 unspecified atom stereocenters. The van der Waals surface area contributed by atoms with Crippen molar-refractivity contribution < 1.29 is 19.1 Å². The fourth-order valence-corrected chi connectivity index (χ4v) is 3.63. The average Bonchev–Trinajstić information content (AvgIpc) is 3.21. The van der Waals surface area contributed by atoms with E-state index < -0.39 is 0 Å². The summed E-state index contributed by atoms with van der Waals surface area (Å²) in [5.41, 5.74) is 0.591. The number of aliphatic hydroxyl groups is 1. The Bertz CT molecular complexity index is 731. The smallest absolute Gasteiger partial charge is 0.289 e. The number of piperidine rings is 1. The molecular weight excluding hydrogens is 352 g/mol. The summed E-state index contributed by atoms with van der Waals surface area (Å²) in [5.74, 6) is 0.681. The largest absolute Gasteiger partial charge is 0.459 e. The highest BCUT2D eigenvalue weighted by Crippen LogP contribution is 2.19. The zero-order valence-corrected chi connectivity index (χ0v) is 15.2. The second kappa shape index (κ2) is 8.91. The summed E-state index contributed by atoms with van der Waals surface area (Å²) in [6.45, 7) is 1.28. The molecular formula is C19H22N2O4S. The summed E-state index contributed by atoms with van der Waals surface area (Å²) >= 11 is 1.54. The van der Waals surface area contributed by atoms with Crippen LogP contribution >= 0.6 is 11.8 Å². The second-order valence-electron chi connectivity index (χ2n) is 6.14. The molecule has 0 spiro atoms. The molecule has 1 aliphatic heterocycles. The number of thioether (sulfide) groups is 1. The van der Waals surface area contributed by atoms with Gasteiger partial charge in [0.2, 0.25) is 0 Å². The van der Waals surface area contributed by atoms with Crippen molar-refractivity contribution in [2.24, 2.45) is 0 Å². The van der Waals surface area contributed by atoms with Crippen molar-refractivity contribution in [3.63, 3.8) is 0 Å². The Morgan fingerprint density at radius 1 is 1.27 bits per heavy atom. The molecule has 1 fully saturated rings. The monoisotopic (exact) mass is 374 g/mol. The average molecular weight is 374 g/mol. The first-order valence-corrected chi connectivity index (χ1v) is 9.63. The van der Waals surface area contributed by atoms with Crippen molar-refractivity contribution in [1.29, 1.82) is 0 Å². The van der Waals surface area contributed by atoms with Crippen LogP contribution in [0.5, 0.6) is 0 Å². The van der Waals surface area contributed by atoms with E-state index in [-0.39, 0.29) is 24.5 Å². The van der Waals surface area contributed by atoms with Crippen LogP contribution in [0.3, 0.4) is 0 Å². The summed E-state index contributed by atoms with van der Waals surface area (Å²) < 4.78 is 5.18. The molecule has 0 radical (unpaired) electrons. The zero-order valence-electron chi connectivity index (χ0n) is 14.4. The van der Waals surface area contributed by atoms with Gasteiger partial charge < -0.3 is 19.7 Å². The fourth-order valence-electron chi connectivity index (χ4n) is 2.97. The molecule has 1 aromatic heterocycles. The van der Waals surface area contributed by atoms with Crippen molar-refractivity contribution in [3.8, 4) is 0 Å². The van der Waals surface area contributed by atoms with Crippen LogP contribution < -0.4 is 5.32 Å². The van der Waals surface area contributed by atoms with E-state index in [1.54, 1.807) is 40.9 Å². The number of nitrogens with one attached hydrogen (secondary N) is 1. The van der Waals surface area contributed by atoms with Gasteiger partial charge in [0.15, 0.2) is 5.76 Å². The molecule has 138 valence electrons. The van der Waals surface area contributed by atoms with Gasteiger partial charge in [0, 0.05) is 35.3 Å². The third kappa shape index (κ3) is 4.68. The van der Waals surface area contributed by atoms with Gasteiger partial charge in [0.25, 0.3) is 11.8 Å². The SMILES string of the molecule is O=C(N[C@@H]1CCCN(C(=O)c2ccco2)C1)c1ccc(SCCO)cc1. The van der Waals surface area contributed by atoms with Crippen LogP contribution in [0.25, 0.3) is 0 Å².